The molecule has 28 heavy (non-hydrogen) atoms. The molecule has 0 aromatic carbocycles. The molecular formula is C19H26N6O3. The summed E-state index contributed by atoms with van der Waals surface area (Å²) in [6.45, 7) is 3.60. The van der Waals surface area contributed by atoms with Crippen molar-refractivity contribution in [2.75, 3.05) is 31.5 Å². The van der Waals surface area contributed by atoms with Crippen LogP contribution in [-0.2, 0) is 14.1 Å². The molecule has 2 atom stereocenters. The largest absolute Gasteiger partial charge is 0.332 e. The molecule has 2 aliphatic rings. The van der Waals surface area contributed by atoms with Gasteiger partial charge in [-0.2, -0.15) is 0 Å². The summed E-state index contributed by atoms with van der Waals surface area (Å²) in [5.41, 5.74) is -0.0909. The maximum atomic E-state index is 12.8. The van der Waals surface area contributed by atoms with E-state index >= 15 is 0 Å². The highest BCUT2D eigenvalue weighted by Gasteiger charge is 2.31. The zero-order valence-corrected chi connectivity index (χ0v) is 16.3. The second-order valence-corrected chi connectivity index (χ2v) is 7.83. The van der Waals surface area contributed by atoms with Gasteiger partial charge < -0.3 is 15.5 Å². The second kappa shape index (κ2) is 7.38. The minimum Gasteiger partial charge on any atom is -0.324 e. The third kappa shape index (κ3) is 3.30. The van der Waals surface area contributed by atoms with Crippen LogP contribution in [0.2, 0.25) is 0 Å². The number of hydrogen-bond donors (Lipinski definition) is 2. The summed E-state index contributed by atoms with van der Waals surface area (Å²) >= 11 is 0. The standard InChI is InChI=1S/C19H26N6O3/c1-23-16-15(17(26)24(2)19(23)28)8-14(10-21-16)22-18(27)25-7-3-4-13(11-25)12-5-6-20-9-12/h8,10,12-13,20H,3-7,9,11H2,1-2H3,(H,22,27). The molecule has 9 heteroatoms. The summed E-state index contributed by atoms with van der Waals surface area (Å²) in [4.78, 5) is 43.3. The number of urea groups is 1. The number of fused-ring (bicyclic) bond motifs is 1. The Bertz CT molecular complexity index is 1020. The predicted octanol–water partition coefficient (Wildman–Crippen LogP) is 0.486. The summed E-state index contributed by atoms with van der Waals surface area (Å²) < 4.78 is 2.37. The van der Waals surface area contributed by atoms with E-state index in [9.17, 15) is 14.4 Å². The lowest BCUT2D eigenvalue weighted by Gasteiger charge is -2.35. The first-order chi connectivity index (χ1) is 13.5. The summed E-state index contributed by atoms with van der Waals surface area (Å²) in [6, 6.07) is 1.42. The number of likely N-dealkylation sites (tertiary alicyclic amines) is 1. The Hall–Kier alpha value is -2.68. The second-order valence-electron chi connectivity index (χ2n) is 7.83. The number of amides is 2. The van der Waals surface area contributed by atoms with Crippen molar-refractivity contribution in [2.45, 2.75) is 19.3 Å². The Labute approximate surface area is 162 Å². The van der Waals surface area contributed by atoms with Gasteiger partial charge in [0.15, 0.2) is 0 Å². The fraction of sp³-hybridized carbons (Fsp3) is 0.579. The van der Waals surface area contributed by atoms with Gasteiger partial charge in [-0.3, -0.25) is 13.9 Å². The number of nitrogens with zero attached hydrogens (tertiary/aromatic N) is 4. The number of carbonyl (C=O) groups is 1. The van der Waals surface area contributed by atoms with Crippen LogP contribution in [0.5, 0.6) is 0 Å². The van der Waals surface area contributed by atoms with E-state index in [2.05, 4.69) is 15.6 Å². The molecule has 150 valence electrons. The highest BCUT2D eigenvalue weighted by molar-refractivity contribution is 5.91. The van der Waals surface area contributed by atoms with Gasteiger partial charge in [0.1, 0.15) is 5.65 Å². The Morgan fingerprint density at radius 1 is 1.21 bits per heavy atom. The molecule has 4 rings (SSSR count). The fourth-order valence-electron chi connectivity index (χ4n) is 4.39. The summed E-state index contributed by atoms with van der Waals surface area (Å²) in [5, 5.41) is 6.58. The van der Waals surface area contributed by atoms with Gasteiger partial charge in [0.2, 0.25) is 0 Å². The van der Waals surface area contributed by atoms with Crippen molar-refractivity contribution < 1.29 is 4.79 Å². The molecule has 2 saturated heterocycles. The summed E-state index contributed by atoms with van der Waals surface area (Å²) in [7, 11) is 3.00. The van der Waals surface area contributed by atoms with Crippen LogP contribution in [0.1, 0.15) is 19.3 Å². The highest BCUT2D eigenvalue weighted by Crippen LogP contribution is 2.28. The average Bonchev–Trinajstić information content (AvgIpc) is 3.25. The molecule has 2 unspecified atom stereocenters. The lowest BCUT2D eigenvalue weighted by molar-refractivity contribution is 0.154. The van der Waals surface area contributed by atoms with Crippen molar-refractivity contribution in [1.82, 2.24) is 24.3 Å². The van der Waals surface area contributed by atoms with Crippen LogP contribution in [-0.4, -0.2) is 51.2 Å². The van der Waals surface area contributed by atoms with E-state index in [1.807, 2.05) is 4.90 Å². The molecule has 2 N–H and O–H groups in total. The van der Waals surface area contributed by atoms with Gasteiger partial charge in [-0.25, -0.2) is 14.6 Å². The van der Waals surface area contributed by atoms with E-state index in [-0.39, 0.29) is 6.03 Å². The SMILES string of the molecule is Cn1c(=O)c2cc(NC(=O)N3CCCC(C4CCNC4)C3)cnc2n(C)c1=O. The van der Waals surface area contributed by atoms with Crippen LogP contribution in [0.25, 0.3) is 11.0 Å². The predicted molar refractivity (Wildman–Crippen MR) is 107 cm³/mol. The minimum atomic E-state index is -0.428. The molecule has 9 nitrogen and oxygen atoms in total. The normalized spacial score (nSPS) is 22.6. The zero-order chi connectivity index (χ0) is 19.8. The monoisotopic (exact) mass is 386 g/mol. The first-order valence-electron chi connectivity index (χ1n) is 9.78. The van der Waals surface area contributed by atoms with Crippen LogP contribution >= 0.6 is 0 Å². The third-order valence-electron chi connectivity index (χ3n) is 6.05. The molecule has 0 bridgehead atoms. The Morgan fingerprint density at radius 2 is 2.04 bits per heavy atom. The molecule has 0 spiro atoms. The third-order valence-corrected chi connectivity index (χ3v) is 6.05. The van der Waals surface area contributed by atoms with Gasteiger partial charge in [0, 0.05) is 27.2 Å². The molecule has 0 radical (unpaired) electrons. The quantitative estimate of drug-likeness (QED) is 0.782. The molecule has 2 fully saturated rings. The molecule has 0 aliphatic carbocycles. The van der Waals surface area contributed by atoms with Crippen LogP contribution in [0.4, 0.5) is 10.5 Å². The zero-order valence-electron chi connectivity index (χ0n) is 16.3. The number of anilines is 1. The Morgan fingerprint density at radius 3 is 2.79 bits per heavy atom. The van der Waals surface area contributed by atoms with Gasteiger partial charge in [-0.15, -0.1) is 0 Å². The first kappa shape index (κ1) is 18.7. The van der Waals surface area contributed by atoms with Crippen molar-refractivity contribution in [3.63, 3.8) is 0 Å². The topological polar surface area (TPSA) is 101 Å². The number of aromatic nitrogens is 3. The maximum Gasteiger partial charge on any atom is 0.332 e. The molecular weight excluding hydrogens is 360 g/mol. The van der Waals surface area contributed by atoms with Gasteiger partial charge in [0.25, 0.3) is 5.56 Å². The number of carbonyl (C=O) groups excluding carboxylic acids is 1. The average molecular weight is 386 g/mol. The van der Waals surface area contributed by atoms with E-state index < -0.39 is 11.2 Å². The first-order valence-corrected chi connectivity index (χ1v) is 9.78. The van der Waals surface area contributed by atoms with Crippen LogP contribution in [0, 0.1) is 11.8 Å². The summed E-state index contributed by atoms with van der Waals surface area (Å²) in [5.74, 6) is 1.17. The van der Waals surface area contributed by atoms with Crippen molar-refractivity contribution in [1.29, 1.82) is 0 Å². The smallest absolute Gasteiger partial charge is 0.324 e. The minimum absolute atomic E-state index is 0.168. The van der Waals surface area contributed by atoms with E-state index in [1.54, 1.807) is 13.1 Å². The molecule has 2 aromatic heterocycles. The number of hydrogen-bond acceptors (Lipinski definition) is 5. The fourth-order valence-corrected chi connectivity index (χ4v) is 4.39. The number of rotatable bonds is 2. The lowest BCUT2D eigenvalue weighted by Crippen LogP contribution is -2.44. The van der Waals surface area contributed by atoms with Crippen LogP contribution in [0.3, 0.4) is 0 Å². The Kier molecular flexibility index (Phi) is 4.92. The number of piperidine rings is 1. The van der Waals surface area contributed by atoms with Crippen molar-refractivity contribution in [3.8, 4) is 0 Å². The van der Waals surface area contributed by atoms with Crippen LogP contribution in [0.15, 0.2) is 21.9 Å². The number of aryl methyl sites for hydroxylation is 1. The van der Waals surface area contributed by atoms with Crippen LogP contribution < -0.4 is 21.9 Å². The van der Waals surface area contributed by atoms with Gasteiger partial charge in [-0.05, 0) is 50.3 Å². The van der Waals surface area contributed by atoms with Crippen molar-refractivity contribution >= 4 is 22.8 Å². The van der Waals surface area contributed by atoms with Gasteiger partial charge >= 0.3 is 11.7 Å². The van der Waals surface area contributed by atoms with E-state index in [0.717, 1.165) is 43.6 Å². The number of nitrogens with one attached hydrogen (secondary N) is 2. The molecule has 2 amide bonds. The maximum absolute atomic E-state index is 12.8. The van der Waals surface area contributed by atoms with E-state index in [4.69, 9.17) is 0 Å². The van der Waals surface area contributed by atoms with E-state index in [1.165, 1.54) is 24.2 Å². The van der Waals surface area contributed by atoms with Crippen molar-refractivity contribution in [3.05, 3.63) is 33.1 Å². The van der Waals surface area contributed by atoms with Gasteiger partial charge in [-0.1, -0.05) is 0 Å². The lowest BCUT2D eigenvalue weighted by atomic mass is 9.85. The molecule has 0 saturated carbocycles. The van der Waals surface area contributed by atoms with Gasteiger partial charge in [0.05, 0.1) is 17.3 Å². The summed E-state index contributed by atoms with van der Waals surface area (Å²) in [6.07, 6.45) is 4.84. The Balaban J connectivity index is 1.53. The number of pyridine rings is 1. The molecule has 2 aromatic rings. The van der Waals surface area contributed by atoms with E-state index in [0.29, 0.717) is 28.6 Å². The molecule has 2 aliphatic heterocycles. The molecule has 4 heterocycles. The van der Waals surface area contributed by atoms with Crippen molar-refractivity contribution in [2.24, 2.45) is 25.9 Å². The highest BCUT2D eigenvalue weighted by atomic mass is 16.2.